The molecule has 1 rings (SSSR count). The van der Waals surface area contributed by atoms with E-state index in [1.807, 2.05) is 13.8 Å². The van der Waals surface area contributed by atoms with Crippen LogP contribution >= 0.6 is 23.2 Å². The molecule has 0 amide bonds. The van der Waals surface area contributed by atoms with Crippen molar-refractivity contribution in [1.29, 1.82) is 5.26 Å². The Kier molecular flexibility index (Phi) is 4.46. The molecule has 0 saturated heterocycles. The summed E-state index contributed by atoms with van der Waals surface area (Å²) in [6.07, 6.45) is 0. The molecule has 0 fully saturated rings. The Morgan fingerprint density at radius 2 is 1.88 bits per heavy atom. The second-order valence-corrected chi connectivity index (χ2v) is 4.67. The lowest BCUT2D eigenvalue weighted by Gasteiger charge is -2.16. The van der Waals surface area contributed by atoms with Gasteiger partial charge in [-0.15, -0.1) is 0 Å². The van der Waals surface area contributed by atoms with Crippen LogP contribution in [0.25, 0.3) is 0 Å². The van der Waals surface area contributed by atoms with Gasteiger partial charge in [0.15, 0.2) is 0 Å². The number of halogens is 2. The molecule has 1 aromatic carbocycles. The maximum Gasteiger partial charge on any atom is 0.138 e. The van der Waals surface area contributed by atoms with Crippen molar-refractivity contribution in [2.45, 2.75) is 19.8 Å². The molecule has 0 saturated carbocycles. The summed E-state index contributed by atoms with van der Waals surface area (Å²) in [7, 11) is 1.53. The summed E-state index contributed by atoms with van der Waals surface area (Å²) in [5, 5.41) is 10.1. The predicted molar refractivity (Wildman–Crippen MR) is 66.2 cm³/mol. The van der Waals surface area contributed by atoms with Crippen molar-refractivity contribution in [3.63, 3.8) is 0 Å². The topological polar surface area (TPSA) is 33.0 Å². The van der Waals surface area contributed by atoms with Crippen LogP contribution in [0.2, 0.25) is 10.0 Å². The third kappa shape index (κ3) is 2.61. The zero-order valence-corrected chi connectivity index (χ0v) is 10.9. The highest BCUT2D eigenvalue weighted by molar-refractivity contribution is 6.34. The number of benzene rings is 1. The maximum atomic E-state index is 9.11. The van der Waals surface area contributed by atoms with E-state index in [2.05, 4.69) is 6.07 Å². The van der Waals surface area contributed by atoms with Gasteiger partial charge < -0.3 is 4.74 Å². The fourth-order valence-corrected chi connectivity index (χ4v) is 2.04. The summed E-state index contributed by atoms with van der Waals surface area (Å²) < 4.78 is 5.06. The molecular formula is C12H13Cl2NO. The Hall–Kier alpha value is -0.910. The maximum absolute atomic E-state index is 9.11. The molecule has 0 aromatic heterocycles. The van der Waals surface area contributed by atoms with Crippen molar-refractivity contribution in [3.05, 3.63) is 27.7 Å². The molecule has 0 radical (unpaired) electrons. The molecule has 2 nitrogen and oxygen atoms in total. The average Bonchev–Trinajstić information content (AvgIpc) is 2.23. The number of rotatable bonds is 3. The zero-order chi connectivity index (χ0) is 12.3. The Balaban J connectivity index is 3.25. The standard InChI is InChI=1S/C12H13Cl2NO/c1-7(2)9(6-15)8-4-11(14)12(16-3)5-10(8)13/h4-5,7,9H,1-3H3. The van der Waals surface area contributed by atoms with Crippen LogP contribution in [-0.2, 0) is 0 Å². The minimum absolute atomic E-state index is 0.187. The number of hydrogen-bond donors (Lipinski definition) is 0. The van der Waals surface area contributed by atoms with E-state index in [1.54, 1.807) is 12.1 Å². The van der Waals surface area contributed by atoms with Crippen molar-refractivity contribution in [2.24, 2.45) is 5.92 Å². The average molecular weight is 258 g/mol. The molecule has 0 aliphatic carbocycles. The first-order chi connectivity index (χ1) is 7.51. The van der Waals surface area contributed by atoms with Crippen molar-refractivity contribution in [1.82, 2.24) is 0 Å². The molecule has 0 aliphatic rings. The summed E-state index contributed by atoms with van der Waals surface area (Å²) in [6, 6.07) is 5.59. The van der Waals surface area contributed by atoms with Gasteiger partial charge in [0.05, 0.1) is 24.1 Å². The Morgan fingerprint density at radius 1 is 1.25 bits per heavy atom. The summed E-state index contributed by atoms with van der Waals surface area (Å²) in [6.45, 7) is 3.95. The van der Waals surface area contributed by atoms with E-state index in [9.17, 15) is 0 Å². The lowest BCUT2D eigenvalue weighted by atomic mass is 9.90. The van der Waals surface area contributed by atoms with Crippen LogP contribution in [-0.4, -0.2) is 7.11 Å². The number of methoxy groups -OCH3 is 1. The van der Waals surface area contributed by atoms with Gasteiger partial charge in [-0.2, -0.15) is 5.26 Å². The summed E-state index contributed by atoms with van der Waals surface area (Å²) in [5.41, 5.74) is 0.755. The molecular weight excluding hydrogens is 245 g/mol. The van der Waals surface area contributed by atoms with Crippen molar-refractivity contribution >= 4 is 23.2 Å². The summed E-state index contributed by atoms with van der Waals surface area (Å²) in [4.78, 5) is 0. The highest BCUT2D eigenvalue weighted by Gasteiger charge is 2.20. The van der Waals surface area contributed by atoms with E-state index < -0.39 is 0 Å². The molecule has 1 atom stereocenters. The van der Waals surface area contributed by atoms with Gasteiger partial charge in [0, 0.05) is 11.1 Å². The second kappa shape index (κ2) is 5.43. The first kappa shape index (κ1) is 13.2. The number of ether oxygens (including phenoxy) is 1. The molecule has 0 aliphatic heterocycles. The second-order valence-electron chi connectivity index (χ2n) is 3.86. The van der Waals surface area contributed by atoms with Gasteiger partial charge in [-0.05, 0) is 17.5 Å². The monoisotopic (exact) mass is 257 g/mol. The lowest BCUT2D eigenvalue weighted by Crippen LogP contribution is -2.05. The van der Waals surface area contributed by atoms with Crippen LogP contribution in [0.15, 0.2) is 12.1 Å². The van der Waals surface area contributed by atoms with E-state index in [0.29, 0.717) is 15.8 Å². The van der Waals surface area contributed by atoms with Crippen LogP contribution < -0.4 is 4.74 Å². The SMILES string of the molecule is COc1cc(Cl)c(C(C#N)C(C)C)cc1Cl. The summed E-state index contributed by atoms with van der Waals surface area (Å²) in [5.74, 6) is 0.457. The van der Waals surface area contributed by atoms with Gasteiger partial charge in [0.2, 0.25) is 0 Å². The third-order valence-corrected chi connectivity index (χ3v) is 3.03. The number of nitriles is 1. The van der Waals surface area contributed by atoms with Crippen LogP contribution in [0.5, 0.6) is 5.75 Å². The fourth-order valence-electron chi connectivity index (χ4n) is 1.52. The fraction of sp³-hybridized carbons (Fsp3) is 0.417. The Morgan fingerprint density at radius 3 is 2.31 bits per heavy atom. The molecule has 16 heavy (non-hydrogen) atoms. The van der Waals surface area contributed by atoms with Crippen molar-refractivity contribution in [2.75, 3.05) is 7.11 Å². The first-order valence-corrected chi connectivity index (χ1v) is 5.69. The van der Waals surface area contributed by atoms with Gasteiger partial charge in [-0.25, -0.2) is 0 Å². The molecule has 0 N–H and O–H groups in total. The van der Waals surface area contributed by atoms with Crippen LogP contribution in [0.4, 0.5) is 0 Å². The minimum atomic E-state index is -0.254. The normalized spacial score (nSPS) is 12.3. The van der Waals surface area contributed by atoms with E-state index in [0.717, 1.165) is 5.56 Å². The van der Waals surface area contributed by atoms with Gasteiger partial charge in [0.1, 0.15) is 5.75 Å². The van der Waals surface area contributed by atoms with Crippen molar-refractivity contribution in [3.8, 4) is 11.8 Å². The predicted octanol–water partition coefficient (Wildman–Crippen LogP) is 4.27. The van der Waals surface area contributed by atoms with Gasteiger partial charge >= 0.3 is 0 Å². The first-order valence-electron chi connectivity index (χ1n) is 4.93. The zero-order valence-electron chi connectivity index (χ0n) is 9.42. The van der Waals surface area contributed by atoms with Crippen molar-refractivity contribution < 1.29 is 4.74 Å². The van der Waals surface area contributed by atoms with E-state index in [-0.39, 0.29) is 11.8 Å². The molecule has 0 heterocycles. The van der Waals surface area contributed by atoms with Gasteiger partial charge in [-0.1, -0.05) is 37.0 Å². The molecule has 86 valence electrons. The Labute approximate surface area is 106 Å². The summed E-state index contributed by atoms with van der Waals surface area (Å²) >= 11 is 12.1. The molecule has 0 spiro atoms. The van der Waals surface area contributed by atoms with E-state index in [4.69, 9.17) is 33.2 Å². The highest BCUT2D eigenvalue weighted by atomic mass is 35.5. The Bertz CT molecular complexity index is 424. The molecule has 4 heteroatoms. The third-order valence-electron chi connectivity index (χ3n) is 2.41. The highest BCUT2D eigenvalue weighted by Crippen LogP contribution is 2.36. The molecule has 1 unspecified atom stereocenters. The van der Waals surface area contributed by atoms with E-state index >= 15 is 0 Å². The minimum Gasteiger partial charge on any atom is -0.495 e. The number of nitrogens with zero attached hydrogens (tertiary/aromatic N) is 1. The lowest BCUT2D eigenvalue weighted by molar-refractivity contribution is 0.414. The smallest absolute Gasteiger partial charge is 0.138 e. The largest absolute Gasteiger partial charge is 0.495 e. The molecule has 1 aromatic rings. The van der Waals surface area contributed by atoms with Gasteiger partial charge in [-0.3, -0.25) is 0 Å². The van der Waals surface area contributed by atoms with Crippen LogP contribution in [0.3, 0.4) is 0 Å². The van der Waals surface area contributed by atoms with Gasteiger partial charge in [0.25, 0.3) is 0 Å². The molecule has 0 bridgehead atoms. The van der Waals surface area contributed by atoms with Crippen LogP contribution in [0.1, 0.15) is 25.3 Å². The number of hydrogen-bond acceptors (Lipinski definition) is 2. The van der Waals surface area contributed by atoms with Crippen LogP contribution in [0, 0.1) is 17.2 Å². The quantitative estimate of drug-likeness (QED) is 0.811. The van der Waals surface area contributed by atoms with E-state index in [1.165, 1.54) is 7.11 Å².